The molecule has 3 aromatic rings. The summed E-state index contributed by atoms with van der Waals surface area (Å²) in [5, 5.41) is 6.08. The molecule has 2 aromatic heterocycles. The van der Waals surface area contributed by atoms with Gasteiger partial charge in [0.05, 0.1) is 5.69 Å². The predicted molar refractivity (Wildman–Crippen MR) is 107 cm³/mol. The van der Waals surface area contributed by atoms with Gasteiger partial charge in [-0.05, 0) is 42.1 Å². The molecule has 132 valence electrons. The lowest BCUT2D eigenvalue weighted by molar-refractivity contribution is 0.324. The minimum absolute atomic E-state index is 0. The van der Waals surface area contributed by atoms with Gasteiger partial charge in [0.1, 0.15) is 0 Å². The molecule has 1 fully saturated rings. The molecule has 1 aliphatic rings. The molecule has 0 spiro atoms. The van der Waals surface area contributed by atoms with Crippen LogP contribution in [0.5, 0.6) is 0 Å². The summed E-state index contributed by atoms with van der Waals surface area (Å²) in [6.07, 6.45) is 6.78. The first-order valence-corrected chi connectivity index (χ1v) is 8.09. The maximum atomic E-state index is 4.42. The largest absolute Gasteiger partial charge is 0.381 e. The first-order valence-electron chi connectivity index (χ1n) is 8.09. The minimum atomic E-state index is 0. The van der Waals surface area contributed by atoms with Crippen molar-refractivity contribution in [1.82, 2.24) is 14.9 Å². The van der Waals surface area contributed by atoms with E-state index in [0.29, 0.717) is 6.04 Å². The van der Waals surface area contributed by atoms with E-state index in [1.807, 2.05) is 24.7 Å². The second-order valence-electron chi connectivity index (χ2n) is 6.12. The molecule has 1 atom stereocenters. The van der Waals surface area contributed by atoms with E-state index >= 15 is 0 Å². The van der Waals surface area contributed by atoms with E-state index in [1.54, 1.807) is 0 Å². The second kappa shape index (κ2) is 8.79. The standard InChI is InChI=1S/C19H20N4.CH4.ClH/c1-2-8-21-18(3-1)13-23-10-7-19(14-23)22-17-5-4-16-12-20-9-6-15(16)11-17;;/h1-6,8-9,11-12,19,22H,7,10,13-14H2;1H4;1H/t19-;;/m1../s1. The summed E-state index contributed by atoms with van der Waals surface area (Å²) in [6.45, 7) is 3.11. The van der Waals surface area contributed by atoms with Gasteiger partial charge in [0.25, 0.3) is 0 Å². The Morgan fingerprint density at radius 3 is 2.84 bits per heavy atom. The first kappa shape index (κ1) is 19.2. The molecule has 1 aliphatic heterocycles. The fourth-order valence-corrected chi connectivity index (χ4v) is 3.22. The van der Waals surface area contributed by atoms with E-state index in [2.05, 4.69) is 56.6 Å². The van der Waals surface area contributed by atoms with Crippen LogP contribution in [-0.2, 0) is 6.54 Å². The Hall–Kier alpha value is -2.17. The van der Waals surface area contributed by atoms with E-state index in [9.17, 15) is 0 Å². The van der Waals surface area contributed by atoms with Crippen molar-refractivity contribution in [3.05, 3.63) is 66.7 Å². The van der Waals surface area contributed by atoms with Crippen molar-refractivity contribution in [2.24, 2.45) is 0 Å². The topological polar surface area (TPSA) is 41.0 Å². The molecule has 0 bridgehead atoms. The van der Waals surface area contributed by atoms with Crippen LogP contribution in [0.25, 0.3) is 10.8 Å². The number of nitrogens with zero attached hydrogens (tertiary/aromatic N) is 3. The van der Waals surface area contributed by atoms with Crippen LogP contribution in [0.1, 0.15) is 19.5 Å². The van der Waals surface area contributed by atoms with Gasteiger partial charge in [-0.3, -0.25) is 14.9 Å². The minimum Gasteiger partial charge on any atom is -0.381 e. The maximum Gasteiger partial charge on any atom is 0.0543 e. The molecule has 4 rings (SSSR count). The highest BCUT2D eigenvalue weighted by molar-refractivity contribution is 5.85. The summed E-state index contributed by atoms with van der Waals surface area (Å²) in [6, 6.07) is 15.2. The molecular formula is C20H25ClN4. The summed E-state index contributed by atoms with van der Waals surface area (Å²) >= 11 is 0. The van der Waals surface area contributed by atoms with Crippen LogP contribution < -0.4 is 5.32 Å². The van der Waals surface area contributed by atoms with Gasteiger partial charge in [-0.1, -0.05) is 19.6 Å². The van der Waals surface area contributed by atoms with Crippen molar-refractivity contribution in [1.29, 1.82) is 0 Å². The summed E-state index contributed by atoms with van der Waals surface area (Å²) in [7, 11) is 0. The number of halogens is 1. The Kier molecular flexibility index (Phi) is 6.73. The molecule has 1 N–H and O–H groups in total. The summed E-state index contributed by atoms with van der Waals surface area (Å²) < 4.78 is 0. The smallest absolute Gasteiger partial charge is 0.0543 e. The van der Waals surface area contributed by atoms with Crippen LogP contribution in [0, 0.1) is 0 Å². The third-order valence-corrected chi connectivity index (χ3v) is 4.40. The first-order chi connectivity index (χ1) is 11.4. The molecule has 0 unspecified atom stereocenters. The van der Waals surface area contributed by atoms with Crippen molar-refractivity contribution in [2.45, 2.75) is 26.4 Å². The molecule has 1 saturated heterocycles. The number of hydrogen-bond acceptors (Lipinski definition) is 4. The summed E-state index contributed by atoms with van der Waals surface area (Å²) in [5.74, 6) is 0. The van der Waals surface area contributed by atoms with Crippen LogP contribution in [-0.4, -0.2) is 34.0 Å². The molecule has 0 amide bonds. The average molecular weight is 357 g/mol. The van der Waals surface area contributed by atoms with Crippen LogP contribution in [0.4, 0.5) is 5.69 Å². The molecule has 0 aliphatic carbocycles. The SMILES string of the molecule is C.Cl.c1ccc(CN2CC[C@@H](Nc3ccc4cnccc4c3)C2)nc1. The fraction of sp³-hybridized carbons (Fsp3) is 0.300. The van der Waals surface area contributed by atoms with E-state index < -0.39 is 0 Å². The zero-order chi connectivity index (χ0) is 15.5. The van der Waals surface area contributed by atoms with E-state index in [0.717, 1.165) is 25.3 Å². The number of likely N-dealkylation sites (tertiary alicyclic amines) is 1. The number of benzene rings is 1. The fourth-order valence-electron chi connectivity index (χ4n) is 3.22. The monoisotopic (exact) mass is 356 g/mol. The molecular weight excluding hydrogens is 332 g/mol. The van der Waals surface area contributed by atoms with Crippen LogP contribution in [0.3, 0.4) is 0 Å². The maximum absolute atomic E-state index is 4.42. The number of fused-ring (bicyclic) bond motifs is 1. The number of anilines is 1. The lowest BCUT2D eigenvalue weighted by Gasteiger charge is -2.17. The van der Waals surface area contributed by atoms with Gasteiger partial charge in [0.2, 0.25) is 0 Å². The second-order valence-corrected chi connectivity index (χ2v) is 6.12. The van der Waals surface area contributed by atoms with E-state index in [-0.39, 0.29) is 19.8 Å². The molecule has 25 heavy (non-hydrogen) atoms. The third kappa shape index (κ3) is 4.68. The van der Waals surface area contributed by atoms with Crippen LogP contribution in [0.2, 0.25) is 0 Å². The third-order valence-electron chi connectivity index (χ3n) is 4.40. The Balaban J connectivity index is 0.00000113. The van der Waals surface area contributed by atoms with E-state index in [1.165, 1.54) is 22.9 Å². The number of pyridine rings is 2. The Bertz CT molecular complexity index is 794. The molecule has 1 aromatic carbocycles. The summed E-state index contributed by atoms with van der Waals surface area (Å²) in [4.78, 5) is 11.0. The van der Waals surface area contributed by atoms with Gasteiger partial charge < -0.3 is 5.32 Å². The molecule has 5 heteroatoms. The Morgan fingerprint density at radius 1 is 1.08 bits per heavy atom. The number of rotatable bonds is 4. The number of hydrogen-bond donors (Lipinski definition) is 1. The normalized spacial score (nSPS) is 16.9. The van der Waals surface area contributed by atoms with Crippen molar-refractivity contribution in [3.8, 4) is 0 Å². The lowest BCUT2D eigenvalue weighted by Crippen LogP contribution is -2.26. The molecule has 3 heterocycles. The molecule has 0 saturated carbocycles. The Morgan fingerprint density at radius 2 is 2.00 bits per heavy atom. The van der Waals surface area contributed by atoms with Crippen molar-refractivity contribution < 1.29 is 0 Å². The summed E-state index contributed by atoms with van der Waals surface area (Å²) in [5.41, 5.74) is 2.33. The number of aromatic nitrogens is 2. The van der Waals surface area contributed by atoms with E-state index in [4.69, 9.17) is 0 Å². The highest BCUT2D eigenvalue weighted by Gasteiger charge is 2.22. The highest BCUT2D eigenvalue weighted by Crippen LogP contribution is 2.21. The van der Waals surface area contributed by atoms with Gasteiger partial charge in [-0.25, -0.2) is 0 Å². The Labute approximate surface area is 155 Å². The van der Waals surface area contributed by atoms with Gasteiger partial charge >= 0.3 is 0 Å². The quantitative estimate of drug-likeness (QED) is 0.753. The van der Waals surface area contributed by atoms with Gasteiger partial charge in [-0.2, -0.15) is 0 Å². The average Bonchev–Trinajstić information content (AvgIpc) is 3.02. The van der Waals surface area contributed by atoms with Crippen LogP contribution >= 0.6 is 12.4 Å². The highest BCUT2D eigenvalue weighted by atomic mass is 35.5. The lowest BCUT2D eigenvalue weighted by atomic mass is 10.1. The zero-order valence-corrected chi connectivity index (χ0v) is 14.2. The number of nitrogens with one attached hydrogen (secondary N) is 1. The van der Waals surface area contributed by atoms with Crippen molar-refractivity contribution in [2.75, 3.05) is 18.4 Å². The molecule has 4 nitrogen and oxygen atoms in total. The van der Waals surface area contributed by atoms with Crippen LogP contribution in [0.15, 0.2) is 61.1 Å². The zero-order valence-electron chi connectivity index (χ0n) is 13.4. The predicted octanol–water partition coefficient (Wildman–Crippen LogP) is 4.37. The van der Waals surface area contributed by atoms with Gasteiger partial charge in [0.15, 0.2) is 0 Å². The van der Waals surface area contributed by atoms with Crippen molar-refractivity contribution in [3.63, 3.8) is 0 Å². The van der Waals surface area contributed by atoms with Crippen molar-refractivity contribution >= 4 is 28.9 Å². The van der Waals surface area contributed by atoms with Gasteiger partial charge in [0, 0.05) is 55.3 Å². The molecule has 0 radical (unpaired) electrons. The van der Waals surface area contributed by atoms with Gasteiger partial charge in [-0.15, -0.1) is 12.4 Å².